The van der Waals surface area contributed by atoms with Crippen molar-refractivity contribution < 1.29 is 34.8 Å². The number of amides is 1. The summed E-state index contributed by atoms with van der Waals surface area (Å²) < 4.78 is 0. The van der Waals surface area contributed by atoms with E-state index in [-0.39, 0.29) is 29.7 Å². The third-order valence-electron chi connectivity index (χ3n) is 7.12. The van der Waals surface area contributed by atoms with Gasteiger partial charge in [0, 0.05) is 37.7 Å². The van der Waals surface area contributed by atoms with Gasteiger partial charge in [0.1, 0.15) is 22.8 Å². The predicted octanol–water partition coefficient (Wildman–Crippen LogP) is 1.44. The minimum atomic E-state index is -2.55. The third kappa shape index (κ3) is 3.06. The lowest BCUT2D eigenvalue weighted by Crippen LogP contribution is -2.58. The Morgan fingerprint density at radius 1 is 1.21 bits per heavy atom. The molecule has 6 N–H and O–H groups in total. The number of nitrogens with two attached hydrogens (primary N) is 1. The van der Waals surface area contributed by atoms with E-state index in [0.29, 0.717) is 24.0 Å². The SMILES string of the molecule is CCCc1cc(N(C)C)c2c(c1O)C(O)=C1C(=O)C3(O)C(O)=C(C(N)=O)C(=O)CC3CC1C2. The van der Waals surface area contributed by atoms with Crippen LogP contribution in [0.5, 0.6) is 5.75 Å². The second-order valence-electron chi connectivity index (χ2n) is 9.31. The van der Waals surface area contributed by atoms with Crippen LogP contribution in [0.3, 0.4) is 0 Å². The molecule has 0 radical (unpaired) electrons. The summed E-state index contributed by atoms with van der Waals surface area (Å²) in [4.78, 5) is 39.5. The molecule has 0 spiro atoms. The lowest BCUT2D eigenvalue weighted by Gasteiger charge is -2.46. The van der Waals surface area contributed by atoms with Crippen LogP contribution >= 0.6 is 0 Å². The van der Waals surface area contributed by atoms with Crippen molar-refractivity contribution in [2.75, 3.05) is 19.0 Å². The molecule has 1 aromatic rings. The Morgan fingerprint density at radius 2 is 1.88 bits per heavy atom. The number of Topliss-reactive ketones (excluding diaryl/α,β-unsaturated/α-hetero) is 2. The number of phenolic OH excluding ortho intramolecular Hbond substituents is 1. The Morgan fingerprint density at radius 3 is 2.45 bits per heavy atom. The lowest BCUT2D eigenvalue weighted by molar-refractivity contribution is -0.147. The highest BCUT2D eigenvalue weighted by Gasteiger charge is 2.60. The maximum atomic E-state index is 13.5. The van der Waals surface area contributed by atoms with Gasteiger partial charge in [-0.2, -0.15) is 0 Å². The van der Waals surface area contributed by atoms with E-state index in [1.165, 1.54) is 0 Å². The number of primary amides is 1. The van der Waals surface area contributed by atoms with Gasteiger partial charge in [0.05, 0.1) is 5.56 Å². The first kappa shape index (κ1) is 22.8. The summed E-state index contributed by atoms with van der Waals surface area (Å²) in [6.45, 7) is 1.96. The molecule has 0 heterocycles. The van der Waals surface area contributed by atoms with Gasteiger partial charge < -0.3 is 31.1 Å². The van der Waals surface area contributed by atoms with Crippen molar-refractivity contribution in [3.05, 3.63) is 39.7 Å². The first-order valence-electron chi connectivity index (χ1n) is 11.0. The summed E-state index contributed by atoms with van der Waals surface area (Å²) in [6.07, 6.45) is 1.39. The molecular formula is C24H28N2O7. The highest BCUT2D eigenvalue weighted by atomic mass is 16.3. The largest absolute Gasteiger partial charge is 0.508 e. The van der Waals surface area contributed by atoms with Crippen molar-refractivity contribution in [3.63, 3.8) is 0 Å². The number of aliphatic hydroxyl groups excluding tert-OH is 2. The number of benzene rings is 1. The van der Waals surface area contributed by atoms with Crippen LogP contribution in [0.4, 0.5) is 5.69 Å². The highest BCUT2D eigenvalue weighted by molar-refractivity contribution is 6.22. The Labute approximate surface area is 190 Å². The van der Waals surface area contributed by atoms with Gasteiger partial charge in [-0.05, 0) is 42.4 Å². The quantitative estimate of drug-likeness (QED) is 0.425. The smallest absolute Gasteiger partial charge is 0.255 e. The van der Waals surface area contributed by atoms with E-state index in [4.69, 9.17) is 5.73 Å². The van der Waals surface area contributed by atoms with Gasteiger partial charge >= 0.3 is 0 Å². The zero-order valence-electron chi connectivity index (χ0n) is 18.8. The van der Waals surface area contributed by atoms with E-state index in [1.807, 2.05) is 32.0 Å². The molecule has 9 heteroatoms. The molecule has 9 nitrogen and oxygen atoms in total. The molecule has 0 bridgehead atoms. The molecule has 3 aliphatic rings. The standard InChI is InChI=1S/C24H28N2O7/c1-4-5-10-8-14(26(2)3)13-7-11-6-12-9-15(27)18(23(25)32)22(31)24(12,33)21(30)16(11)20(29)17(13)19(10)28/h8,11-12,28-29,31,33H,4-7,9H2,1-3H3,(H2,25,32). The van der Waals surface area contributed by atoms with E-state index < -0.39 is 52.0 Å². The van der Waals surface area contributed by atoms with Crippen molar-refractivity contribution >= 4 is 28.9 Å². The van der Waals surface area contributed by atoms with Gasteiger partial charge in [-0.1, -0.05) is 13.3 Å². The minimum Gasteiger partial charge on any atom is -0.508 e. The van der Waals surface area contributed by atoms with Crippen LogP contribution in [0.1, 0.15) is 42.9 Å². The molecule has 1 saturated carbocycles. The van der Waals surface area contributed by atoms with Gasteiger partial charge in [-0.25, -0.2) is 0 Å². The number of carbonyl (C=O) groups excluding carboxylic acids is 3. The Balaban J connectivity index is 1.96. The normalized spacial score (nSPS) is 26.7. The van der Waals surface area contributed by atoms with Gasteiger partial charge in [0.2, 0.25) is 5.78 Å². The fraction of sp³-hybridized carbons (Fsp3) is 0.458. The molecule has 3 unspecified atom stereocenters. The summed E-state index contributed by atoms with van der Waals surface area (Å²) >= 11 is 0. The maximum Gasteiger partial charge on any atom is 0.255 e. The van der Waals surface area contributed by atoms with Gasteiger partial charge in [-0.15, -0.1) is 0 Å². The first-order valence-corrected chi connectivity index (χ1v) is 11.0. The molecule has 3 aliphatic carbocycles. The van der Waals surface area contributed by atoms with Crippen molar-refractivity contribution in [1.29, 1.82) is 0 Å². The number of carbonyl (C=O) groups is 3. The molecule has 0 saturated heterocycles. The molecule has 33 heavy (non-hydrogen) atoms. The Bertz CT molecular complexity index is 1160. The number of hydrogen-bond donors (Lipinski definition) is 5. The average Bonchev–Trinajstić information content (AvgIpc) is 2.72. The molecule has 176 valence electrons. The number of aromatic hydroxyl groups is 1. The maximum absolute atomic E-state index is 13.5. The highest BCUT2D eigenvalue weighted by Crippen LogP contribution is 2.53. The molecule has 4 rings (SSSR count). The van der Waals surface area contributed by atoms with Crippen molar-refractivity contribution in [2.24, 2.45) is 17.6 Å². The monoisotopic (exact) mass is 456 g/mol. The van der Waals surface area contributed by atoms with E-state index in [9.17, 15) is 34.8 Å². The molecule has 0 aliphatic heterocycles. The van der Waals surface area contributed by atoms with Crippen LogP contribution < -0.4 is 10.6 Å². The summed E-state index contributed by atoms with van der Waals surface area (Å²) in [5.74, 6) is -6.11. The second kappa shape index (κ2) is 7.62. The summed E-state index contributed by atoms with van der Waals surface area (Å²) in [6, 6.07) is 1.87. The lowest BCUT2D eigenvalue weighted by atomic mass is 9.59. The van der Waals surface area contributed by atoms with Crippen LogP contribution in [0, 0.1) is 11.8 Å². The second-order valence-corrected chi connectivity index (χ2v) is 9.31. The predicted molar refractivity (Wildman–Crippen MR) is 120 cm³/mol. The molecule has 1 fully saturated rings. The number of fused-ring (bicyclic) bond motifs is 3. The summed E-state index contributed by atoms with van der Waals surface area (Å²) in [7, 11) is 3.69. The number of ketones is 2. The molecule has 3 atom stereocenters. The molecular weight excluding hydrogens is 428 g/mol. The molecule has 1 aromatic carbocycles. The Hall–Kier alpha value is -3.33. The van der Waals surface area contributed by atoms with Gasteiger partial charge in [0.25, 0.3) is 5.91 Å². The van der Waals surface area contributed by atoms with Crippen LogP contribution in [-0.4, -0.2) is 57.6 Å². The number of aliphatic hydroxyl groups is 3. The van der Waals surface area contributed by atoms with E-state index >= 15 is 0 Å². The van der Waals surface area contributed by atoms with E-state index in [1.54, 1.807) is 0 Å². The van der Waals surface area contributed by atoms with E-state index in [2.05, 4.69) is 0 Å². The Kier molecular flexibility index (Phi) is 5.28. The third-order valence-corrected chi connectivity index (χ3v) is 7.12. The zero-order chi connectivity index (χ0) is 24.4. The van der Waals surface area contributed by atoms with Crippen molar-refractivity contribution in [2.45, 2.75) is 44.6 Å². The molecule has 0 aromatic heterocycles. The number of aryl methyl sites for hydroxylation is 1. The van der Waals surface area contributed by atoms with Crippen molar-refractivity contribution in [3.8, 4) is 5.75 Å². The van der Waals surface area contributed by atoms with Crippen LogP contribution in [0.2, 0.25) is 0 Å². The topological polar surface area (TPSA) is 161 Å². The van der Waals surface area contributed by atoms with Crippen molar-refractivity contribution in [1.82, 2.24) is 0 Å². The van der Waals surface area contributed by atoms with Gasteiger partial charge in [-0.3, -0.25) is 14.4 Å². The number of hydrogen-bond acceptors (Lipinski definition) is 8. The minimum absolute atomic E-state index is 0.118. The van der Waals surface area contributed by atoms with Crippen LogP contribution in [0.25, 0.3) is 5.76 Å². The van der Waals surface area contributed by atoms with Crippen LogP contribution in [-0.2, 0) is 27.2 Å². The number of nitrogens with zero attached hydrogens (tertiary/aromatic N) is 1. The summed E-state index contributed by atoms with van der Waals surface area (Å²) in [5, 5.41) is 44.1. The fourth-order valence-electron chi connectivity index (χ4n) is 5.58. The zero-order valence-corrected chi connectivity index (χ0v) is 18.8. The number of phenols is 1. The van der Waals surface area contributed by atoms with Crippen LogP contribution in [0.15, 0.2) is 23.0 Å². The fourth-order valence-corrected chi connectivity index (χ4v) is 5.58. The first-order chi connectivity index (χ1) is 15.4. The van der Waals surface area contributed by atoms with Gasteiger partial charge in [0.15, 0.2) is 11.4 Å². The average molecular weight is 456 g/mol. The summed E-state index contributed by atoms with van der Waals surface area (Å²) in [5.41, 5.74) is 3.96. The van der Waals surface area contributed by atoms with E-state index in [0.717, 1.165) is 12.1 Å². The number of anilines is 1. The number of rotatable bonds is 4. The molecule has 1 amide bonds.